The molecule has 0 saturated heterocycles. The Morgan fingerprint density at radius 3 is 2.36 bits per heavy atom. The molecule has 0 fully saturated rings. The van der Waals surface area contributed by atoms with Crippen LogP contribution in [0.15, 0.2) is 35.7 Å². The Hall–Kier alpha value is -2.67. The van der Waals surface area contributed by atoms with E-state index >= 15 is 0 Å². The fourth-order valence-corrected chi connectivity index (χ4v) is 2.88. The van der Waals surface area contributed by atoms with E-state index < -0.39 is 11.9 Å². The summed E-state index contributed by atoms with van der Waals surface area (Å²) in [7, 11) is 0. The zero-order chi connectivity index (χ0) is 18.4. The van der Waals surface area contributed by atoms with Crippen molar-refractivity contribution >= 4 is 34.7 Å². The minimum Gasteiger partial charge on any atom is -0.345 e. The fraction of sp³-hybridized carbons (Fsp3) is 0.278. The van der Waals surface area contributed by atoms with Gasteiger partial charge in [-0.1, -0.05) is 24.3 Å². The maximum absolute atomic E-state index is 12.0. The molecular weight excluding hydrogens is 338 g/mol. The smallest absolute Gasteiger partial charge is 0.261 e. The molecule has 0 aliphatic heterocycles. The van der Waals surface area contributed by atoms with Gasteiger partial charge in [0.25, 0.3) is 5.91 Å². The standard InChI is InChI=1S/C18H21N3O3S/c1-11-6-4-7-12(2)16(11)21-15(22)10-19-17(23)13(3)20-18(24)14-8-5-9-25-14/h4-9,13H,10H2,1-3H3,(H,19,23)(H,20,24)(H,21,22). The van der Waals surface area contributed by atoms with Gasteiger partial charge < -0.3 is 16.0 Å². The Labute approximate surface area is 150 Å². The summed E-state index contributed by atoms with van der Waals surface area (Å²) >= 11 is 1.30. The highest BCUT2D eigenvalue weighted by Gasteiger charge is 2.18. The lowest BCUT2D eigenvalue weighted by Crippen LogP contribution is -2.46. The summed E-state index contributed by atoms with van der Waals surface area (Å²) < 4.78 is 0. The first kappa shape index (κ1) is 18.7. The van der Waals surface area contributed by atoms with Gasteiger partial charge in [-0.05, 0) is 43.3 Å². The predicted molar refractivity (Wildman–Crippen MR) is 98.8 cm³/mol. The molecule has 1 unspecified atom stereocenters. The lowest BCUT2D eigenvalue weighted by atomic mass is 10.1. The molecule has 7 heteroatoms. The van der Waals surface area contributed by atoms with Gasteiger partial charge in [-0.2, -0.15) is 0 Å². The van der Waals surface area contributed by atoms with E-state index in [2.05, 4.69) is 16.0 Å². The van der Waals surface area contributed by atoms with E-state index in [9.17, 15) is 14.4 Å². The molecule has 2 aromatic rings. The normalized spacial score (nSPS) is 11.5. The molecule has 0 spiro atoms. The Balaban J connectivity index is 1.82. The Bertz CT molecular complexity index is 752. The number of hydrogen-bond acceptors (Lipinski definition) is 4. The van der Waals surface area contributed by atoms with Gasteiger partial charge in [0, 0.05) is 5.69 Å². The maximum atomic E-state index is 12.0. The number of hydrogen-bond donors (Lipinski definition) is 3. The van der Waals surface area contributed by atoms with E-state index in [1.54, 1.807) is 24.4 Å². The first-order valence-corrected chi connectivity index (χ1v) is 8.74. The van der Waals surface area contributed by atoms with Crippen LogP contribution in [-0.4, -0.2) is 30.3 Å². The van der Waals surface area contributed by atoms with Gasteiger partial charge in [-0.25, -0.2) is 0 Å². The van der Waals surface area contributed by atoms with Crippen molar-refractivity contribution in [3.05, 3.63) is 51.7 Å². The third kappa shape index (κ3) is 5.15. The zero-order valence-corrected chi connectivity index (χ0v) is 15.2. The van der Waals surface area contributed by atoms with Crippen molar-refractivity contribution in [3.63, 3.8) is 0 Å². The molecule has 0 radical (unpaired) electrons. The molecule has 0 saturated carbocycles. The molecule has 1 aromatic carbocycles. The number of nitrogens with one attached hydrogen (secondary N) is 3. The Kier molecular flexibility index (Phi) is 6.30. The molecule has 0 aliphatic rings. The quantitative estimate of drug-likeness (QED) is 0.739. The first-order valence-electron chi connectivity index (χ1n) is 7.86. The van der Waals surface area contributed by atoms with Gasteiger partial charge in [0.1, 0.15) is 6.04 Å². The minimum absolute atomic E-state index is 0.161. The Morgan fingerprint density at radius 2 is 1.76 bits per heavy atom. The highest BCUT2D eigenvalue weighted by atomic mass is 32.1. The van der Waals surface area contributed by atoms with Crippen LogP contribution in [0.5, 0.6) is 0 Å². The van der Waals surface area contributed by atoms with Gasteiger partial charge in [0.2, 0.25) is 11.8 Å². The van der Waals surface area contributed by atoms with Crippen LogP contribution < -0.4 is 16.0 Å². The van der Waals surface area contributed by atoms with E-state index in [1.807, 2.05) is 32.0 Å². The number of aryl methyl sites for hydroxylation is 2. The topological polar surface area (TPSA) is 87.3 Å². The fourth-order valence-electron chi connectivity index (χ4n) is 2.26. The average Bonchev–Trinajstić information content (AvgIpc) is 3.10. The van der Waals surface area contributed by atoms with Gasteiger partial charge in [0.15, 0.2) is 0 Å². The number of anilines is 1. The molecule has 0 bridgehead atoms. The van der Waals surface area contributed by atoms with Gasteiger partial charge in [-0.3, -0.25) is 14.4 Å². The van der Waals surface area contributed by atoms with Gasteiger partial charge >= 0.3 is 0 Å². The molecular formula is C18H21N3O3S. The van der Waals surface area contributed by atoms with Crippen molar-refractivity contribution < 1.29 is 14.4 Å². The molecule has 1 atom stereocenters. The van der Waals surface area contributed by atoms with Crippen molar-refractivity contribution in [2.75, 3.05) is 11.9 Å². The molecule has 3 amide bonds. The SMILES string of the molecule is Cc1cccc(C)c1NC(=O)CNC(=O)C(C)NC(=O)c1cccs1. The predicted octanol–water partition coefficient (Wildman–Crippen LogP) is 2.24. The lowest BCUT2D eigenvalue weighted by molar-refractivity contribution is -0.125. The molecule has 2 rings (SSSR count). The van der Waals surface area contributed by atoms with Crippen molar-refractivity contribution in [2.45, 2.75) is 26.8 Å². The van der Waals surface area contributed by atoms with Crippen LogP contribution in [0.3, 0.4) is 0 Å². The average molecular weight is 359 g/mol. The molecule has 6 nitrogen and oxygen atoms in total. The Morgan fingerprint density at radius 1 is 1.08 bits per heavy atom. The van der Waals surface area contributed by atoms with Crippen molar-refractivity contribution in [3.8, 4) is 0 Å². The van der Waals surface area contributed by atoms with Crippen LogP contribution in [0.4, 0.5) is 5.69 Å². The van der Waals surface area contributed by atoms with Crippen LogP contribution in [0.25, 0.3) is 0 Å². The van der Waals surface area contributed by atoms with E-state index in [0.717, 1.165) is 16.8 Å². The summed E-state index contributed by atoms with van der Waals surface area (Å²) in [5.41, 5.74) is 2.66. The van der Waals surface area contributed by atoms with Crippen LogP contribution in [0, 0.1) is 13.8 Å². The molecule has 3 N–H and O–H groups in total. The van der Waals surface area contributed by atoms with Crippen LogP contribution >= 0.6 is 11.3 Å². The van der Waals surface area contributed by atoms with Crippen LogP contribution in [0.2, 0.25) is 0 Å². The third-order valence-corrected chi connectivity index (χ3v) is 4.52. The summed E-state index contributed by atoms with van der Waals surface area (Å²) in [6, 6.07) is 8.44. The zero-order valence-electron chi connectivity index (χ0n) is 14.4. The second-order valence-electron chi connectivity index (χ2n) is 5.71. The molecule has 1 aromatic heterocycles. The summed E-state index contributed by atoms with van der Waals surface area (Å²) in [6.45, 7) is 5.23. The molecule has 132 valence electrons. The van der Waals surface area contributed by atoms with E-state index in [1.165, 1.54) is 11.3 Å². The summed E-state index contributed by atoms with van der Waals surface area (Å²) in [5, 5.41) is 9.72. The number of rotatable bonds is 6. The first-order chi connectivity index (χ1) is 11.9. The number of carbonyl (C=O) groups excluding carboxylic acids is 3. The van der Waals surface area contributed by atoms with Gasteiger partial charge in [-0.15, -0.1) is 11.3 Å². The van der Waals surface area contributed by atoms with Crippen molar-refractivity contribution in [1.29, 1.82) is 0 Å². The highest BCUT2D eigenvalue weighted by molar-refractivity contribution is 7.12. The number of thiophene rings is 1. The summed E-state index contributed by atoms with van der Waals surface area (Å²) in [5.74, 6) is -1.04. The van der Waals surface area contributed by atoms with E-state index in [4.69, 9.17) is 0 Å². The third-order valence-electron chi connectivity index (χ3n) is 3.65. The van der Waals surface area contributed by atoms with Crippen molar-refractivity contribution in [1.82, 2.24) is 10.6 Å². The van der Waals surface area contributed by atoms with Crippen LogP contribution in [-0.2, 0) is 9.59 Å². The maximum Gasteiger partial charge on any atom is 0.261 e. The molecule has 0 aliphatic carbocycles. The largest absolute Gasteiger partial charge is 0.345 e. The van der Waals surface area contributed by atoms with Crippen molar-refractivity contribution in [2.24, 2.45) is 0 Å². The molecule has 25 heavy (non-hydrogen) atoms. The minimum atomic E-state index is -0.734. The molecule has 1 heterocycles. The number of carbonyl (C=O) groups is 3. The summed E-state index contributed by atoms with van der Waals surface area (Å²) in [4.78, 5) is 36.5. The number of benzene rings is 1. The number of para-hydroxylation sites is 1. The van der Waals surface area contributed by atoms with Crippen LogP contribution in [0.1, 0.15) is 27.7 Å². The second-order valence-corrected chi connectivity index (χ2v) is 6.65. The van der Waals surface area contributed by atoms with Gasteiger partial charge in [0.05, 0.1) is 11.4 Å². The van der Waals surface area contributed by atoms with E-state index in [0.29, 0.717) is 4.88 Å². The highest BCUT2D eigenvalue weighted by Crippen LogP contribution is 2.18. The second kappa shape index (κ2) is 8.43. The van der Waals surface area contributed by atoms with E-state index in [-0.39, 0.29) is 18.4 Å². The lowest BCUT2D eigenvalue weighted by Gasteiger charge is -2.15. The monoisotopic (exact) mass is 359 g/mol. The summed E-state index contributed by atoms with van der Waals surface area (Å²) in [6.07, 6.45) is 0. The number of amides is 3.